The van der Waals surface area contributed by atoms with E-state index in [9.17, 15) is 0 Å². The van der Waals surface area contributed by atoms with E-state index in [1.165, 1.54) is 0 Å². The first-order valence-electron chi connectivity index (χ1n) is 4.77. The van der Waals surface area contributed by atoms with Crippen molar-refractivity contribution in [2.75, 3.05) is 0 Å². The van der Waals surface area contributed by atoms with Crippen LogP contribution in [0.3, 0.4) is 0 Å². The van der Waals surface area contributed by atoms with E-state index >= 15 is 0 Å². The summed E-state index contributed by atoms with van der Waals surface area (Å²) in [5, 5.41) is 0. The Morgan fingerprint density at radius 1 is 0.812 bits per heavy atom. The summed E-state index contributed by atoms with van der Waals surface area (Å²) in [6.07, 6.45) is 0. The van der Waals surface area contributed by atoms with Crippen molar-refractivity contribution in [3.63, 3.8) is 0 Å². The maximum Gasteiger partial charge on any atom is 0.391 e. The molecule has 0 amide bonds. The molecule has 0 heterocycles. The molecular weight excluding hydrogens is 223 g/mol. The highest BCUT2D eigenvalue weighted by atomic mass is 31.2. The van der Waals surface area contributed by atoms with Gasteiger partial charge in [-0.05, 0) is 11.6 Å². The van der Waals surface area contributed by atoms with Gasteiger partial charge in [0.2, 0.25) is 0 Å². The molecule has 0 saturated carbocycles. The summed E-state index contributed by atoms with van der Waals surface area (Å²) in [6, 6.07) is 16.9. The van der Waals surface area contributed by atoms with E-state index in [0.717, 1.165) is 11.1 Å². The SMILES string of the molecule is OP(O)Oc1ccccc1-c1ccccc1. The Morgan fingerprint density at radius 2 is 1.44 bits per heavy atom. The van der Waals surface area contributed by atoms with Gasteiger partial charge in [-0.25, -0.2) is 0 Å². The zero-order valence-corrected chi connectivity index (χ0v) is 9.34. The fraction of sp³-hybridized carbons (Fsp3) is 0. The van der Waals surface area contributed by atoms with Crippen LogP contribution >= 0.6 is 8.60 Å². The Labute approximate surface area is 95.0 Å². The summed E-state index contributed by atoms with van der Waals surface area (Å²) < 4.78 is 4.98. The molecular formula is C12H11O3P. The van der Waals surface area contributed by atoms with Crippen molar-refractivity contribution < 1.29 is 14.3 Å². The Bertz CT molecular complexity index is 457. The van der Waals surface area contributed by atoms with Crippen LogP contribution in [0.4, 0.5) is 0 Å². The van der Waals surface area contributed by atoms with Crippen molar-refractivity contribution in [2.24, 2.45) is 0 Å². The van der Waals surface area contributed by atoms with Gasteiger partial charge in [0.25, 0.3) is 0 Å². The predicted molar refractivity (Wildman–Crippen MR) is 63.9 cm³/mol. The lowest BCUT2D eigenvalue weighted by Crippen LogP contribution is -1.88. The number of benzene rings is 2. The topological polar surface area (TPSA) is 49.7 Å². The molecule has 2 aromatic rings. The van der Waals surface area contributed by atoms with Crippen LogP contribution in [0, 0.1) is 0 Å². The molecule has 16 heavy (non-hydrogen) atoms. The zero-order chi connectivity index (χ0) is 11.4. The number of hydrogen-bond donors (Lipinski definition) is 2. The van der Waals surface area contributed by atoms with E-state index in [0.29, 0.717) is 5.75 Å². The molecule has 0 aliphatic carbocycles. The zero-order valence-electron chi connectivity index (χ0n) is 8.45. The summed E-state index contributed by atoms with van der Waals surface area (Å²) in [4.78, 5) is 17.8. The summed E-state index contributed by atoms with van der Waals surface area (Å²) in [6.45, 7) is 0. The second kappa shape index (κ2) is 5.08. The first-order chi connectivity index (χ1) is 7.77. The fourth-order valence-corrected chi connectivity index (χ4v) is 1.83. The quantitative estimate of drug-likeness (QED) is 0.803. The van der Waals surface area contributed by atoms with E-state index in [-0.39, 0.29) is 0 Å². The number of rotatable bonds is 3. The first kappa shape index (κ1) is 11.1. The van der Waals surface area contributed by atoms with Crippen LogP contribution in [0.5, 0.6) is 5.75 Å². The van der Waals surface area contributed by atoms with Crippen LogP contribution in [-0.2, 0) is 0 Å². The second-order valence-electron chi connectivity index (χ2n) is 3.21. The second-order valence-corrected chi connectivity index (χ2v) is 3.89. The molecule has 4 heteroatoms. The predicted octanol–water partition coefficient (Wildman–Crippen LogP) is 2.94. The van der Waals surface area contributed by atoms with E-state index in [1.807, 2.05) is 42.5 Å². The van der Waals surface area contributed by atoms with Crippen LogP contribution in [0.1, 0.15) is 0 Å². The Hall–Kier alpha value is -1.41. The van der Waals surface area contributed by atoms with Crippen LogP contribution in [-0.4, -0.2) is 9.79 Å². The number of para-hydroxylation sites is 1. The molecule has 2 rings (SSSR count). The third kappa shape index (κ3) is 2.58. The maximum atomic E-state index is 8.88. The normalized spacial score (nSPS) is 10.4. The molecule has 0 aliphatic heterocycles. The Kier molecular flexibility index (Phi) is 3.52. The molecule has 82 valence electrons. The molecule has 0 bridgehead atoms. The minimum absolute atomic E-state index is 0.477. The van der Waals surface area contributed by atoms with E-state index in [1.54, 1.807) is 12.1 Å². The molecule has 0 atom stereocenters. The number of hydrogen-bond acceptors (Lipinski definition) is 3. The highest BCUT2D eigenvalue weighted by molar-refractivity contribution is 7.39. The van der Waals surface area contributed by atoms with E-state index in [4.69, 9.17) is 14.3 Å². The van der Waals surface area contributed by atoms with Crippen molar-refractivity contribution >= 4 is 8.60 Å². The molecule has 3 nitrogen and oxygen atoms in total. The fourth-order valence-electron chi connectivity index (χ4n) is 1.49. The van der Waals surface area contributed by atoms with Gasteiger partial charge < -0.3 is 14.3 Å². The maximum absolute atomic E-state index is 8.88. The van der Waals surface area contributed by atoms with E-state index in [2.05, 4.69) is 0 Å². The van der Waals surface area contributed by atoms with Crippen molar-refractivity contribution in [2.45, 2.75) is 0 Å². The standard InChI is InChI=1S/C12H11O3P/c13-16(14)15-12-9-5-4-8-11(12)10-6-2-1-3-7-10/h1-9,13-14H. The molecule has 0 spiro atoms. The third-order valence-electron chi connectivity index (χ3n) is 2.15. The monoisotopic (exact) mass is 234 g/mol. The van der Waals surface area contributed by atoms with Gasteiger partial charge in [-0.15, -0.1) is 0 Å². The third-order valence-corrected chi connectivity index (χ3v) is 2.51. The molecule has 0 unspecified atom stereocenters. The van der Waals surface area contributed by atoms with Gasteiger partial charge in [0.1, 0.15) is 5.75 Å². The Balaban J connectivity index is 2.41. The van der Waals surface area contributed by atoms with Gasteiger partial charge in [-0.1, -0.05) is 48.5 Å². The highest BCUT2D eigenvalue weighted by Crippen LogP contribution is 2.36. The smallest absolute Gasteiger partial charge is 0.391 e. The van der Waals surface area contributed by atoms with Gasteiger partial charge in [0.15, 0.2) is 0 Å². The van der Waals surface area contributed by atoms with Crippen LogP contribution in [0.25, 0.3) is 11.1 Å². The molecule has 0 aliphatic rings. The molecule has 0 fully saturated rings. The Morgan fingerprint density at radius 3 is 2.12 bits per heavy atom. The van der Waals surface area contributed by atoms with Crippen molar-refractivity contribution in [1.82, 2.24) is 0 Å². The average Bonchev–Trinajstić information content (AvgIpc) is 2.30. The van der Waals surface area contributed by atoms with Crippen molar-refractivity contribution in [3.8, 4) is 16.9 Å². The molecule has 2 N–H and O–H groups in total. The summed E-state index contributed by atoms with van der Waals surface area (Å²) in [5.41, 5.74) is 1.83. The van der Waals surface area contributed by atoms with Crippen LogP contribution in [0.15, 0.2) is 54.6 Å². The van der Waals surface area contributed by atoms with E-state index < -0.39 is 8.60 Å². The first-order valence-corrected chi connectivity index (χ1v) is 5.94. The molecule has 0 radical (unpaired) electrons. The van der Waals surface area contributed by atoms with Crippen molar-refractivity contribution in [1.29, 1.82) is 0 Å². The minimum Gasteiger partial charge on any atom is -0.426 e. The van der Waals surface area contributed by atoms with Crippen LogP contribution in [0.2, 0.25) is 0 Å². The molecule has 0 saturated heterocycles. The van der Waals surface area contributed by atoms with Crippen LogP contribution < -0.4 is 4.52 Å². The van der Waals surface area contributed by atoms with Gasteiger partial charge in [-0.2, -0.15) is 0 Å². The van der Waals surface area contributed by atoms with Gasteiger partial charge in [0, 0.05) is 5.56 Å². The van der Waals surface area contributed by atoms with Gasteiger partial charge in [-0.3, -0.25) is 0 Å². The molecule has 0 aromatic heterocycles. The lowest BCUT2D eigenvalue weighted by atomic mass is 10.1. The van der Waals surface area contributed by atoms with Gasteiger partial charge in [0.05, 0.1) is 0 Å². The lowest BCUT2D eigenvalue weighted by molar-refractivity contribution is 0.375. The summed E-state index contributed by atoms with van der Waals surface area (Å²) >= 11 is 0. The largest absolute Gasteiger partial charge is 0.426 e. The minimum atomic E-state index is -2.38. The molecule has 2 aromatic carbocycles. The summed E-state index contributed by atoms with van der Waals surface area (Å²) in [7, 11) is -2.38. The average molecular weight is 234 g/mol. The van der Waals surface area contributed by atoms with Gasteiger partial charge >= 0.3 is 8.60 Å². The highest BCUT2D eigenvalue weighted by Gasteiger charge is 2.08. The summed E-state index contributed by atoms with van der Waals surface area (Å²) in [5.74, 6) is 0.477. The lowest BCUT2D eigenvalue weighted by Gasteiger charge is -2.10. The van der Waals surface area contributed by atoms with Crippen molar-refractivity contribution in [3.05, 3.63) is 54.6 Å².